The standard InChI is InChI=1S/C14H18N2O2/c1-10(17)16-12-7-5-3-2-4-6-11(8-12)9-13(16)14(15)18/h3,7-8,11,13H,2,4,6,9H2,1H3,(H2,15,18). The molecule has 0 fully saturated rings. The fraction of sp³-hybridized carbons (Fsp3) is 0.500. The van der Waals surface area contributed by atoms with Crippen molar-refractivity contribution in [3.05, 3.63) is 29.7 Å². The summed E-state index contributed by atoms with van der Waals surface area (Å²) < 4.78 is 0. The zero-order chi connectivity index (χ0) is 13.1. The van der Waals surface area contributed by atoms with Gasteiger partial charge in [-0.1, -0.05) is 6.08 Å². The summed E-state index contributed by atoms with van der Waals surface area (Å²) in [5, 5.41) is 0. The Morgan fingerprint density at radius 3 is 2.94 bits per heavy atom. The number of primary amides is 1. The molecule has 2 atom stereocenters. The second-order valence-electron chi connectivity index (χ2n) is 4.84. The van der Waals surface area contributed by atoms with E-state index in [0.717, 1.165) is 25.0 Å². The molecule has 0 radical (unpaired) electrons. The Labute approximate surface area is 107 Å². The van der Waals surface area contributed by atoms with Crippen molar-refractivity contribution in [2.45, 2.75) is 38.6 Å². The lowest BCUT2D eigenvalue weighted by molar-refractivity contribution is -0.136. The molecule has 2 unspecified atom stereocenters. The van der Waals surface area contributed by atoms with Gasteiger partial charge in [-0.05, 0) is 37.7 Å². The monoisotopic (exact) mass is 246 g/mol. The van der Waals surface area contributed by atoms with Crippen molar-refractivity contribution in [3.8, 4) is 0 Å². The molecule has 4 heteroatoms. The zero-order valence-electron chi connectivity index (χ0n) is 10.6. The molecule has 0 saturated carbocycles. The number of hydrogen-bond donors (Lipinski definition) is 1. The first-order valence-electron chi connectivity index (χ1n) is 6.31. The van der Waals surface area contributed by atoms with Gasteiger partial charge in [0.2, 0.25) is 11.8 Å². The molecule has 0 spiro atoms. The Hall–Kier alpha value is -1.80. The zero-order valence-corrected chi connectivity index (χ0v) is 10.6. The molecule has 2 bridgehead atoms. The van der Waals surface area contributed by atoms with Crippen LogP contribution in [-0.2, 0) is 9.59 Å². The fourth-order valence-corrected chi connectivity index (χ4v) is 2.64. The van der Waals surface area contributed by atoms with Crippen molar-refractivity contribution >= 4 is 11.8 Å². The highest BCUT2D eigenvalue weighted by atomic mass is 16.2. The first-order valence-corrected chi connectivity index (χ1v) is 6.31. The van der Waals surface area contributed by atoms with Crippen molar-refractivity contribution in [3.63, 3.8) is 0 Å². The summed E-state index contributed by atoms with van der Waals surface area (Å²) in [5.41, 5.74) is 9.24. The molecule has 4 nitrogen and oxygen atoms in total. The number of nitrogens with zero attached hydrogens (tertiary/aromatic N) is 1. The Balaban J connectivity index is 2.41. The first kappa shape index (κ1) is 12.7. The van der Waals surface area contributed by atoms with Gasteiger partial charge in [-0.3, -0.25) is 14.5 Å². The molecule has 96 valence electrons. The average Bonchev–Trinajstić information content (AvgIpc) is 2.39. The van der Waals surface area contributed by atoms with Crippen LogP contribution in [0.3, 0.4) is 0 Å². The Morgan fingerprint density at radius 1 is 1.50 bits per heavy atom. The molecule has 1 aliphatic heterocycles. The van der Waals surface area contributed by atoms with Crippen molar-refractivity contribution in [2.24, 2.45) is 11.7 Å². The van der Waals surface area contributed by atoms with Crippen LogP contribution in [0.25, 0.3) is 0 Å². The number of carbonyl (C=O) groups is 2. The number of hydrogen-bond acceptors (Lipinski definition) is 2. The van der Waals surface area contributed by atoms with E-state index in [1.54, 1.807) is 6.08 Å². The van der Waals surface area contributed by atoms with Crippen molar-refractivity contribution in [1.29, 1.82) is 0 Å². The summed E-state index contributed by atoms with van der Waals surface area (Å²) in [5.74, 6) is -0.268. The summed E-state index contributed by atoms with van der Waals surface area (Å²) in [6, 6.07) is -0.524. The van der Waals surface area contributed by atoms with E-state index in [1.165, 1.54) is 11.8 Å². The molecule has 0 saturated heterocycles. The summed E-state index contributed by atoms with van der Waals surface area (Å²) in [7, 11) is 0. The lowest BCUT2D eigenvalue weighted by Crippen LogP contribution is -2.49. The van der Waals surface area contributed by atoms with Crippen LogP contribution in [0.4, 0.5) is 0 Å². The summed E-state index contributed by atoms with van der Waals surface area (Å²) in [6.07, 6.45) is 9.51. The lowest BCUT2D eigenvalue weighted by atomic mass is 9.88. The normalized spacial score (nSPS) is 26.9. The molecular weight excluding hydrogens is 228 g/mol. The number of fused-ring (bicyclic) bond motifs is 1. The van der Waals surface area contributed by atoms with Gasteiger partial charge in [-0.25, -0.2) is 0 Å². The lowest BCUT2D eigenvalue weighted by Gasteiger charge is -2.36. The van der Waals surface area contributed by atoms with Crippen LogP contribution in [0.15, 0.2) is 29.7 Å². The molecule has 0 aromatic heterocycles. The van der Waals surface area contributed by atoms with Gasteiger partial charge in [0.15, 0.2) is 0 Å². The van der Waals surface area contributed by atoms with Crippen LogP contribution >= 0.6 is 0 Å². The third-order valence-electron chi connectivity index (χ3n) is 3.46. The highest BCUT2D eigenvalue weighted by molar-refractivity contribution is 5.87. The fourth-order valence-electron chi connectivity index (χ4n) is 2.64. The minimum atomic E-state index is -0.524. The molecule has 2 N–H and O–H groups in total. The molecule has 1 aliphatic carbocycles. The maximum Gasteiger partial charge on any atom is 0.240 e. The quantitative estimate of drug-likeness (QED) is 0.712. The Kier molecular flexibility index (Phi) is 3.68. The van der Waals surface area contributed by atoms with Gasteiger partial charge in [0.25, 0.3) is 0 Å². The number of carbonyl (C=O) groups excluding carboxylic acids is 2. The minimum absolute atomic E-state index is 0.152. The third kappa shape index (κ3) is 2.54. The van der Waals surface area contributed by atoms with Crippen LogP contribution in [-0.4, -0.2) is 22.8 Å². The van der Waals surface area contributed by atoms with E-state index in [4.69, 9.17) is 5.73 Å². The third-order valence-corrected chi connectivity index (χ3v) is 3.46. The minimum Gasteiger partial charge on any atom is -0.368 e. The predicted octanol–water partition coefficient (Wildman–Crippen LogP) is 1.49. The molecule has 0 aromatic carbocycles. The van der Waals surface area contributed by atoms with E-state index < -0.39 is 11.9 Å². The first-order chi connectivity index (χ1) is 8.59. The van der Waals surface area contributed by atoms with E-state index in [0.29, 0.717) is 12.3 Å². The van der Waals surface area contributed by atoms with Crippen LogP contribution in [0.2, 0.25) is 0 Å². The van der Waals surface area contributed by atoms with Crippen LogP contribution < -0.4 is 5.73 Å². The van der Waals surface area contributed by atoms with Gasteiger partial charge in [-0.15, -0.1) is 5.73 Å². The van der Waals surface area contributed by atoms with E-state index >= 15 is 0 Å². The summed E-state index contributed by atoms with van der Waals surface area (Å²) in [4.78, 5) is 24.8. The van der Waals surface area contributed by atoms with Gasteiger partial charge >= 0.3 is 0 Å². The topological polar surface area (TPSA) is 63.4 Å². The van der Waals surface area contributed by atoms with Crippen molar-refractivity contribution < 1.29 is 9.59 Å². The highest BCUT2D eigenvalue weighted by Gasteiger charge is 2.34. The van der Waals surface area contributed by atoms with Gasteiger partial charge in [0.1, 0.15) is 6.04 Å². The van der Waals surface area contributed by atoms with Gasteiger partial charge < -0.3 is 5.73 Å². The van der Waals surface area contributed by atoms with Gasteiger partial charge in [0, 0.05) is 18.7 Å². The largest absolute Gasteiger partial charge is 0.368 e. The number of amides is 2. The number of allylic oxidation sites excluding steroid dienone is 2. The summed E-state index contributed by atoms with van der Waals surface area (Å²) in [6.45, 7) is 1.46. The highest BCUT2D eigenvalue weighted by Crippen LogP contribution is 2.30. The van der Waals surface area contributed by atoms with Crippen molar-refractivity contribution in [1.82, 2.24) is 4.90 Å². The number of rotatable bonds is 1. The maximum absolute atomic E-state index is 11.7. The molecule has 2 rings (SSSR count). The molecular formula is C14H18N2O2. The second-order valence-corrected chi connectivity index (χ2v) is 4.84. The van der Waals surface area contributed by atoms with E-state index in [1.807, 2.05) is 6.08 Å². The molecule has 2 amide bonds. The van der Waals surface area contributed by atoms with Gasteiger partial charge in [-0.2, -0.15) is 0 Å². The average molecular weight is 246 g/mol. The Bertz CT molecular complexity index is 458. The molecule has 1 heterocycles. The SMILES string of the molecule is CC(=O)N1C2=CC(CCCC=C=C2)CC1C(N)=O. The van der Waals surface area contributed by atoms with E-state index in [-0.39, 0.29) is 5.91 Å². The summed E-state index contributed by atoms with van der Waals surface area (Å²) >= 11 is 0. The molecule has 2 aliphatic rings. The Morgan fingerprint density at radius 2 is 2.28 bits per heavy atom. The van der Waals surface area contributed by atoms with Crippen LogP contribution in [0, 0.1) is 5.92 Å². The predicted molar refractivity (Wildman–Crippen MR) is 68.2 cm³/mol. The number of nitrogens with two attached hydrogens (primary N) is 1. The van der Waals surface area contributed by atoms with E-state index in [9.17, 15) is 9.59 Å². The molecule has 18 heavy (non-hydrogen) atoms. The maximum atomic E-state index is 11.7. The second kappa shape index (κ2) is 5.23. The molecule has 0 aromatic rings. The smallest absolute Gasteiger partial charge is 0.240 e. The van der Waals surface area contributed by atoms with Crippen LogP contribution in [0.5, 0.6) is 0 Å². The van der Waals surface area contributed by atoms with Crippen molar-refractivity contribution in [2.75, 3.05) is 0 Å². The van der Waals surface area contributed by atoms with Crippen LogP contribution in [0.1, 0.15) is 32.6 Å². The van der Waals surface area contributed by atoms with E-state index in [2.05, 4.69) is 11.8 Å². The van der Waals surface area contributed by atoms with Gasteiger partial charge in [0.05, 0.1) is 0 Å².